The highest BCUT2D eigenvalue weighted by Gasteiger charge is 2.23. The van der Waals surface area contributed by atoms with Crippen LogP contribution in [0.5, 0.6) is 0 Å². The van der Waals surface area contributed by atoms with Crippen molar-refractivity contribution >= 4 is 21.8 Å². The SMILES string of the molecule is NC(=O)c1cc(Br)cn1CC1CC1. The molecule has 1 aromatic heterocycles. The van der Waals surface area contributed by atoms with E-state index in [0.29, 0.717) is 5.69 Å². The van der Waals surface area contributed by atoms with Crippen LogP contribution >= 0.6 is 15.9 Å². The first-order valence-corrected chi connectivity index (χ1v) is 5.11. The number of amides is 1. The van der Waals surface area contributed by atoms with Gasteiger partial charge in [-0.2, -0.15) is 0 Å². The van der Waals surface area contributed by atoms with Crippen LogP contribution in [0.25, 0.3) is 0 Å². The average Bonchev–Trinajstić information content (AvgIpc) is 2.75. The van der Waals surface area contributed by atoms with Crippen LogP contribution in [0.1, 0.15) is 23.3 Å². The van der Waals surface area contributed by atoms with Gasteiger partial charge in [0.1, 0.15) is 5.69 Å². The van der Waals surface area contributed by atoms with E-state index in [4.69, 9.17) is 5.73 Å². The summed E-state index contributed by atoms with van der Waals surface area (Å²) in [5.74, 6) is 0.392. The third-order valence-corrected chi connectivity index (χ3v) is 2.70. The topological polar surface area (TPSA) is 48.0 Å². The van der Waals surface area contributed by atoms with Gasteiger partial charge in [0.25, 0.3) is 5.91 Å². The van der Waals surface area contributed by atoms with Gasteiger partial charge in [-0.05, 0) is 40.8 Å². The Hall–Kier alpha value is -0.770. The largest absolute Gasteiger partial charge is 0.364 e. The highest BCUT2D eigenvalue weighted by molar-refractivity contribution is 9.10. The van der Waals surface area contributed by atoms with Crippen molar-refractivity contribution in [2.75, 3.05) is 0 Å². The lowest BCUT2D eigenvalue weighted by atomic mass is 10.3. The van der Waals surface area contributed by atoms with E-state index in [1.807, 2.05) is 10.8 Å². The second kappa shape index (κ2) is 3.18. The summed E-state index contributed by atoms with van der Waals surface area (Å²) in [5.41, 5.74) is 5.84. The molecule has 1 amide bonds. The van der Waals surface area contributed by atoms with Crippen LogP contribution in [0.15, 0.2) is 16.7 Å². The van der Waals surface area contributed by atoms with Crippen molar-refractivity contribution in [3.63, 3.8) is 0 Å². The molecule has 0 atom stereocenters. The summed E-state index contributed by atoms with van der Waals surface area (Å²) in [4.78, 5) is 11.0. The second-order valence-electron chi connectivity index (χ2n) is 3.50. The molecule has 0 unspecified atom stereocenters. The zero-order valence-electron chi connectivity index (χ0n) is 7.16. The molecule has 2 rings (SSSR count). The lowest BCUT2D eigenvalue weighted by molar-refractivity contribution is 0.0991. The van der Waals surface area contributed by atoms with Crippen LogP contribution in [-0.4, -0.2) is 10.5 Å². The minimum Gasteiger partial charge on any atom is -0.364 e. The molecular formula is C9H11BrN2O. The molecule has 1 saturated carbocycles. The van der Waals surface area contributed by atoms with E-state index in [0.717, 1.165) is 16.9 Å². The lowest BCUT2D eigenvalue weighted by Crippen LogP contribution is -2.17. The molecule has 2 N–H and O–H groups in total. The Labute approximate surface area is 85.0 Å². The third-order valence-electron chi connectivity index (χ3n) is 2.27. The molecule has 13 heavy (non-hydrogen) atoms. The van der Waals surface area contributed by atoms with Gasteiger partial charge >= 0.3 is 0 Å². The number of primary amides is 1. The third kappa shape index (κ3) is 1.94. The summed E-state index contributed by atoms with van der Waals surface area (Å²) in [6.07, 6.45) is 4.46. The number of hydrogen-bond donors (Lipinski definition) is 1. The number of rotatable bonds is 3. The van der Waals surface area contributed by atoms with Crippen molar-refractivity contribution in [3.8, 4) is 0 Å². The van der Waals surface area contributed by atoms with Gasteiger partial charge in [-0.25, -0.2) is 0 Å². The fraction of sp³-hybridized carbons (Fsp3) is 0.444. The Kier molecular flexibility index (Phi) is 2.15. The van der Waals surface area contributed by atoms with E-state index < -0.39 is 0 Å². The van der Waals surface area contributed by atoms with Gasteiger partial charge in [-0.1, -0.05) is 0 Å². The maximum absolute atomic E-state index is 11.0. The van der Waals surface area contributed by atoms with Crippen molar-refractivity contribution in [2.45, 2.75) is 19.4 Å². The molecule has 1 fully saturated rings. The van der Waals surface area contributed by atoms with E-state index >= 15 is 0 Å². The number of nitrogens with two attached hydrogens (primary N) is 1. The molecule has 1 aliphatic carbocycles. The van der Waals surface area contributed by atoms with E-state index in [2.05, 4.69) is 15.9 Å². The molecule has 0 spiro atoms. The van der Waals surface area contributed by atoms with E-state index in [-0.39, 0.29) is 5.91 Å². The molecule has 1 heterocycles. The fourth-order valence-electron chi connectivity index (χ4n) is 1.41. The predicted octanol–water partition coefficient (Wildman–Crippen LogP) is 1.76. The zero-order chi connectivity index (χ0) is 9.42. The number of carbonyl (C=O) groups excluding carboxylic acids is 1. The molecule has 1 aliphatic rings. The molecule has 0 aliphatic heterocycles. The first kappa shape index (κ1) is 8.81. The van der Waals surface area contributed by atoms with Gasteiger partial charge in [0, 0.05) is 17.2 Å². The Bertz CT molecular complexity index is 341. The Morgan fingerprint density at radius 3 is 2.92 bits per heavy atom. The minimum absolute atomic E-state index is 0.355. The monoisotopic (exact) mass is 242 g/mol. The molecule has 0 saturated heterocycles. The van der Waals surface area contributed by atoms with Gasteiger partial charge in [0.2, 0.25) is 0 Å². The molecular weight excluding hydrogens is 232 g/mol. The predicted molar refractivity (Wildman–Crippen MR) is 53.4 cm³/mol. The van der Waals surface area contributed by atoms with Crippen LogP contribution in [0.3, 0.4) is 0 Å². The number of hydrogen-bond acceptors (Lipinski definition) is 1. The molecule has 1 aromatic rings. The quantitative estimate of drug-likeness (QED) is 0.863. The summed E-state index contributed by atoms with van der Waals surface area (Å²) < 4.78 is 2.85. The van der Waals surface area contributed by atoms with E-state index in [1.165, 1.54) is 12.8 Å². The van der Waals surface area contributed by atoms with Crippen molar-refractivity contribution in [1.29, 1.82) is 0 Å². The summed E-state index contributed by atoms with van der Waals surface area (Å²) in [7, 11) is 0. The van der Waals surface area contributed by atoms with Gasteiger partial charge in [-0.3, -0.25) is 4.79 Å². The molecule has 70 valence electrons. The summed E-state index contributed by atoms with van der Waals surface area (Å²) >= 11 is 3.33. The highest BCUT2D eigenvalue weighted by Crippen LogP contribution is 2.31. The Morgan fingerprint density at radius 1 is 1.69 bits per heavy atom. The zero-order valence-corrected chi connectivity index (χ0v) is 8.75. The van der Waals surface area contributed by atoms with Crippen molar-refractivity contribution in [3.05, 3.63) is 22.4 Å². The molecule has 4 heteroatoms. The number of halogens is 1. The van der Waals surface area contributed by atoms with Gasteiger partial charge in [0.15, 0.2) is 0 Å². The fourth-order valence-corrected chi connectivity index (χ4v) is 1.88. The first-order chi connectivity index (χ1) is 6.16. The van der Waals surface area contributed by atoms with Crippen LogP contribution in [0.4, 0.5) is 0 Å². The Morgan fingerprint density at radius 2 is 2.38 bits per heavy atom. The van der Waals surface area contributed by atoms with Crippen LogP contribution in [0.2, 0.25) is 0 Å². The molecule has 0 radical (unpaired) electrons. The van der Waals surface area contributed by atoms with Crippen LogP contribution < -0.4 is 5.73 Å². The smallest absolute Gasteiger partial charge is 0.265 e. The average molecular weight is 243 g/mol. The summed E-state index contributed by atoms with van der Waals surface area (Å²) in [5, 5.41) is 0. The Balaban J connectivity index is 2.24. The van der Waals surface area contributed by atoms with Crippen LogP contribution in [0, 0.1) is 5.92 Å². The maximum Gasteiger partial charge on any atom is 0.265 e. The normalized spacial score (nSPS) is 16.1. The number of nitrogens with zero attached hydrogens (tertiary/aromatic N) is 1. The first-order valence-electron chi connectivity index (χ1n) is 4.32. The molecule has 0 bridgehead atoms. The van der Waals surface area contributed by atoms with Gasteiger partial charge < -0.3 is 10.3 Å². The maximum atomic E-state index is 11.0. The van der Waals surface area contributed by atoms with E-state index in [1.54, 1.807) is 6.07 Å². The van der Waals surface area contributed by atoms with Gasteiger partial charge in [-0.15, -0.1) is 0 Å². The summed E-state index contributed by atoms with van der Waals surface area (Å²) in [6.45, 7) is 0.921. The lowest BCUT2D eigenvalue weighted by Gasteiger charge is -2.03. The second-order valence-corrected chi connectivity index (χ2v) is 4.42. The van der Waals surface area contributed by atoms with Crippen LogP contribution in [-0.2, 0) is 6.54 Å². The standard InChI is InChI=1S/C9H11BrN2O/c10-7-3-8(9(11)13)12(5-7)4-6-1-2-6/h3,5-6H,1-2,4H2,(H2,11,13). The molecule has 3 nitrogen and oxygen atoms in total. The minimum atomic E-state index is -0.355. The van der Waals surface area contributed by atoms with Crippen molar-refractivity contribution in [1.82, 2.24) is 4.57 Å². The van der Waals surface area contributed by atoms with Gasteiger partial charge in [0.05, 0.1) is 0 Å². The van der Waals surface area contributed by atoms with Crippen molar-refractivity contribution < 1.29 is 4.79 Å². The number of carbonyl (C=O) groups is 1. The van der Waals surface area contributed by atoms with E-state index in [9.17, 15) is 4.79 Å². The summed E-state index contributed by atoms with van der Waals surface area (Å²) in [6, 6.07) is 1.77. The highest BCUT2D eigenvalue weighted by atomic mass is 79.9. The molecule has 0 aromatic carbocycles. The van der Waals surface area contributed by atoms with Crippen molar-refractivity contribution in [2.24, 2.45) is 11.7 Å². The number of aromatic nitrogens is 1.